The maximum atomic E-state index is 6.02. The summed E-state index contributed by atoms with van der Waals surface area (Å²) in [6, 6.07) is 5.58. The van der Waals surface area contributed by atoms with Gasteiger partial charge in [0.2, 0.25) is 0 Å². The largest absolute Gasteiger partial charge is 0.488 e. The van der Waals surface area contributed by atoms with Crippen molar-refractivity contribution in [3.05, 3.63) is 28.8 Å². The van der Waals surface area contributed by atoms with Crippen LogP contribution in [0.4, 0.5) is 0 Å². The second-order valence-corrected chi connectivity index (χ2v) is 3.93. The number of rotatable bonds is 3. The van der Waals surface area contributed by atoms with E-state index in [4.69, 9.17) is 26.8 Å². The van der Waals surface area contributed by atoms with Crippen LogP contribution in [0, 0.1) is 0 Å². The molecule has 0 spiro atoms. The van der Waals surface area contributed by atoms with Crippen LogP contribution in [0.2, 0.25) is 5.02 Å². The van der Waals surface area contributed by atoms with Crippen LogP contribution in [0.3, 0.4) is 0 Å². The Kier molecular flexibility index (Phi) is 3.46. The first-order valence-corrected chi connectivity index (χ1v) is 5.41. The molecule has 1 aliphatic rings. The molecule has 15 heavy (non-hydrogen) atoms. The number of ether oxygens (including phenoxy) is 2. The molecule has 0 aromatic heterocycles. The molecule has 1 aromatic carbocycles. The van der Waals surface area contributed by atoms with Crippen molar-refractivity contribution in [3.63, 3.8) is 0 Å². The SMILES string of the molecule is NCc1c(Cl)cccc1OC1CCOC1. The molecule has 0 radical (unpaired) electrons. The predicted octanol–water partition coefficient (Wildman–Crippen LogP) is 1.97. The highest BCUT2D eigenvalue weighted by molar-refractivity contribution is 6.31. The summed E-state index contributed by atoms with van der Waals surface area (Å²) in [5, 5.41) is 0.661. The van der Waals surface area contributed by atoms with Crippen LogP contribution in [-0.4, -0.2) is 19.3 Å². The minimum atomic E-state index is 0.133. The minimum Gasteiger partial charge on any atom is -0.488 e. The number of hydrogen-bond donors (Lipinski definition) is 1. The van der Waals surface area contributed by atoms with E-state index in [1.807, 2.05) is 18.2 Å². The van der Waals surface area contributed by atoms with Crippen LogP contribution >= 0.6 is 11.6 Å². The highest BCUT2D eigenvalue weighted by Gasteiger charge is 2.18. The number of hydrogen-bond acceptors (Lipinski definition) is 3. The van der Waals surface area contributed by atoms with Gasteiger partial charge in [0.1, 0.15) is 11.9 Å². The predicted molar refractivity (Wildman–Crippen MR) is 59.2 cm³/mol. The number of benzene rings is 1. The van der Waals surface area contributed by atoms with Gasteiger partial charge in [0.05, 0.1) is 13.2 Å². The molecule has 1 heterocycles. The van der Waals surface area contributed by atoms with Gasteiger partial charge in [-0.05, 0) is 12.1 Å². The zero-order valence-corrected chi connectivity index (χ0v) is 9.17. The van der Waals surface area contributed by atoms with E-state index in [9.17, 15) is 0 Å². The van der Waals surface area contributed by atoms with E-state index < -0.39 is 0 Å². The molecule has 1 aliphatic heterocycles. The lowest BCUT2D eigenvalue weighted by atomic mass is 10.2. The lowest BCUT2D eigenvalue weighted by molar-refractivity contribution is 0.140. The third-order valence-corrected chi connectivity index (χ3v) is 2.82. The van der Waals surface area contributed by atoms with Crippen LogP contribution in [0.5, 0.6) is 5.75 Å². The zero-order chi connectivity index (χ0) is 10.7. The van der Waals surface area contributed by atoms with E-state index in [1.165, 1.54) is 0 Å². The van der Waals surface area contributed by atoms with Crippen molar-refractivity contribution in [1.29, 1.82) is 0 Å². The average molecular weight is 228 g/mol. The maximum Gasteiger partial charge on any atom is 0.125 e. The quantitative estimate of drug-likeness (QED) is 0.859. The molecule has 0 aliphatic carbocycles. The van der Waals surface area contributed by atoms with E-state index in [2.05, 4.69) is 0 Å². The molecule has 4 heteroatoms. The third kappa shape index (κ3) is 2.43. The minimum absolute atomic E-state index is 0.133. The van der Waals surface area contributed by atoms with Crippen molar-refractivity contribution >= 4 is 11.6 Å². The van der Waals surface area contributed by atoms with Crippen LogP contribution in [-0.2, 0) is 11.3 Å². The molecule has 1 saturated heterocycles. The second kappa shape index (κ2) is 4.84. The van der Waals surface area contributed by atoms with Gasteiger partial charge < -0.3 is 15.2 Å². The summed E-state index contributed by atoms with van der Waals surface area (Å²) < 4.78 is 11.0. The third-order valence-electron chi connectivity index (χ3n) is 2.46. The molecule has 82 valence electrons. The van der Waals surface area contributed by atoms with Crippen molar-refractivity contribution in [2.75, 3.05) is 13.2 Å². The van der Waals surface area contributed by atoms with Crippen molar-refractivity contribution < 1.29 is 9.47 Å². The van der Waals surface area contributed by atoms with Gasteiger partial charge in [0, 0.05) is 23.6 Å². The first kappa shape index (κ1) is 10.7. The Morgan fingerprint density at radius 1 is 1.53 bits per heavy atom. The summed E-state index contributed by atoms with van der Waals surface area (Å²) in [4.78, 5) is 0. The standard InChI is InChI=1S/C11H14ClNO2/c12-10-2-1-3-11(9(10)6-13)15-8-4-5-14-7-8/h1-3,8H,4-7,13H2. The fraction of sp³-hybridized carbons (Fsp3) is 0.455. The van der Waals surface area contributed by atoms with Crippen LogP contribution in [0.15, 0.2) is 18.2 Å². The first-order chi connectivity index (χ1) is 7.31. The maximum absolute atomic E-state index is 6.02. The molecule has 3 nitrogen and oxygen atoms in total. The van der Waals surface area contributed by atoms with E-state index in [1.54, 1.807) is 0 Å². The molecule has 1 fully saturated rings. The van der Waals surface area contributed by atoms with Crippen molar-refractivity contribution in [1.82, 2.24) is 0 Å². The van der Waals surface area contributed by atoms with Gasteiger partial charge in [-0.2, -0.15) is 0 Å². The fourth-order valence-electron chi connectivity index (χ4n) is 1.63. The molecule has 1 unspecified atom stereocenters. The molecule has 1 atom stereocenters. The molecular formula is C11H14ClNO2. The summed E-state index contributed by atoms with van der Waals surface area (Å²) in [7, 11) is 0. The molecule has 0 bridgehead atoms. The lowest BCUT2D eigenvalue weighted by Gasteiger charge is -2.15. The molecular weight excluding hydrogens is 214 g/mol. The Labute approximate surface area is 94.1 Å². The van der Waals surface area contributed by atoms with Gasteiger partial charge in [0.15, 0.2) is 0 Å². The highest BCUT2D eigenvalue weighted by Crippen LogP contribution is 2.27. The first-order valence-electron chi connectivity index (χ1n) is 5.03. The van der Waals surface area contributed by atoms with Gasteiger partial charge in [-0.15, -0.1) is 0 Å². The van der Waals surface area contributed by atoms with Crippen molar-refractivity contribution in [2.45, 2.75) is 19.1 Å². The Morgan fingerprint density at radius 2 is 2.40 bits per heavy atom. The molecule has 1 aromatic rings. The van der Waals surface area contributed by atoms with Gasteiger partial charge in [-0.25, -0.2) is 0 Å². The second-order valence-electron chi connectivity index (χ2n) is 3.52. The summed E-state index contributed by atoms with van der Waals surface area (Å²) in [6.07, 6.45) is 1.06. The van der Waals surface area contributed by atoms with Gasteiger partial charge in [0.25, 0.3) is 0 Å². The van der Waals surface area contributed by atoms with Gasteiger partial charge in [-0.3, -0.25) is 0 Å². The van der Waals surface area contributed by atoms with Crippen molar-refractivity contribution in [3.8, 4) is 5.75 Å². The van der Waals surface area contributed by atoms with E-state index >= 15 is 0 Å². The zero-order valence-electron chi connectivity index (χ0n) is 8.41. The topological polar surface area (TPSA) is 44.5 Å². The average Bonchev–Trinajstić information content (AvgIpc) is 2.71. The Morgan fingerprint density at radius 3 is 3.07 bits per heavy atom. The van der Waals surface area contributed by atoms with Crippen molar-refractivity contribution in [2.24, 2.45) is 5.73 Å². The van der Waals surface area contributed by atoms with Crippen LogP contribution in [0.25, 0.3) is 0 Å². The van der Waals surface area contributed by atoms with Crippen LogP contribution < -0.4 is 10.5 Å². The molecule has 0 amide bonds. The van der Waals surface area contributed by atoms with Gasteiger partial charge in [-0.1, -0.05) is 17.7 Å². The molecule has 2 N–H and O–H groups in total. The lowest BCUT2D eigenvalue weighted by Crippen LogP contribution is -2.17. The highest BCUT2D eigenvalue weighted by atomic mass is 35.5. The Balaban J connectivity index is 2.15. The summed E-state index contributed by atoms with van der Waals surface area (Å²) in [5.74, 6) is 0.778. The van der Waals surface area contributed by atoms with Crippen LogP contribution in [0.1, 0.15) is 12.0 Å². The fourth-order valence-corrected chi connectivity index (χ4v) is 1.88. The summed E-state index contributed by atoms with van der Waals surface area (Å²) in [5.41, 5.74) is 6.50. The number of halogens is 1. The van der Waals surface area contributed by atoms with E-state index in [0.29, 0.717) is 18.2 Å². The van der Waals surface area contributed by atoms with E-state index in [-0.39, 0.29) is 6.10 Å². The summed E-state index contributed by atoms with van der Waals surface area (Å²) >= 11 is 6.02. The Bertz CT molecular complexity index is 337. The monoisotopic (exact) mass is 227 g/mol. The van der Waals surface area contributed by atoms with Gasteiger partial charge >= 0.3 is 0 Å². The number of nitrogens with two attached hydrogens (primary N) is 1. The normalized spacial score (nSPS) is 20.5. The Hall–Kier alpha value is -0.770. The molecule has 2 rings (SSSR count). The van der Waals surface area contributed by atoms with E-state index in [0.717, 1.165) is 24.3 Å². The smallest absolute Gasteiger partial charge is 0.125 e. The summed E-state index contributed by atoms with van der Waals surface area (Å²) in [6.45, 7) is 1.81. The molecule has 0 saturated carbocycles.